The molecule has 188 valence electrons. The maximum absolute atomic E-state index is 11.5. The van der Waals surface area contributed by atoms with Crippen LogP contribution in [0.2, 0.25) is 0 Å². The Morgan fingerprint density at radius 1 is 0.909 bits per heavy atom. The maximum atomic E-state index is 11.5. The summed E-state index contributed by atoms with van der Waals surface area (Å²) in [5.41, 5.74) is 5.39. The number of ether oxygens (including phenoxy) is 2. The van der Waals surface area contributed by atoms with E-state index >= 15 is 0 Å². The Bertz CT molecular complexity index is 1090. The van der Waals surface area contributed by atoms with Crippen LogP contribution in [0.5, 0.6) is 11.8 Å². The van der Waals surface area contributed by atoms with Gasteiger partial charge in [-0.2, -0.15) is 9.97 Å². The molecule has 0 amide bonds. The molecule has 10 nitrogen and oxygen atoms in total. The summed E-state index contributed by atoms with van der Waals surface area (Å²) in [4.78, 5) is 7.90. The lowest BCUT2D eigenvalue weighted by Crippen LogP contribution is -2.17. The van der Waals surface area contributed by atoms with E-state index in [9.17, 15) is 16.8 Å². The first-order chi connectivity index (χ1) is 15.3. The van der Waals surface area contributed by atoms with Crippen molar-refractivity contribution in [2.24, 2.45) is 0 Å². The average Bonchev–Trinajstić information content (AvgIpc) is 2.71. The highest BCUT2D eigenvalue weighted by atomic mass is 79.9. The van der Waals surface area contributed by atoms with E-state index in [0.717, 1.165) is 4.47 Å². The molecule has 0 fully saturated rings. The molecule has 2 rings (SSSR count). The van der Waals surface area contributed by atoms with Gasteiger partial charge in [0.2, 0.25) is 30.8 Å². The molecule has 0 saturated carbocycles. The Balaban J connectivity index is 0.000000514. The van der Waals surface area contributed by atoms with Crippen LogP contribution in [0.25, 0.3) is 0 Å². The van der Waals surface area contributed by atoms with Crippen LogP contribution < -0.4 is 19.9 Å². The van der Waals surface area contributed by atoms with Gasteiger partial charge in [-0.25, -0.2) is 16.8 Å². The molecular formula is C18H27Br2ClN4O6S2. The topological polar surface area (TPSA) is 151 Å². The molecule has 15 heteroatoms. The van der Waals surface area contributed by atoms with Crippen molar-refractivity contribution in [3.8, 4) is 11.8 Å². The Morgan fingerprint density at radius 3 is 1.79 bits per heavy atom. The number of nitrogens with one attached hydrogen (secondary N) is 1. The molecule has 2 aromatic rings. The van der Waals surface area contributed by atoms with E-state index in [-0.39, 0.29) is 17.3 Å². The molecule has 0 spiro atoms. The molecule has 0 saturated heterocycles. The van der Waals surface area contributed by atoms with Gasteiger partial charge in [-0.15, -0.1) is 0 Å². The summed E-state index contributed by atoms with van der Waals surface area (Å²) in [5.74, 6) is 1.73. The number of nitrogen functional groups attached to an aromatic ring is 1. The van der Waals surface area contributed by atoms with E-state index in [1.165, 1.54) is 7.11 Å². The smallest absolute Gasteiger partial charge is 0.233 e. The number of methoxy groups -OCH3 is 2. The van der Waals surface area contributed by atoms with Crippen LogP contribution in [-0.4, -0.2) is 52.5 Å². The normalized spacial score (nSPS) is 10.8. The number of hydrogen-bond donors (Lipinski definition) is 2. The van der Waals surface area contributed by atoms with E-state index < -0.39 is 19.1 Å². The summed E-state index contributed by atoms with van der Waals surface area (Å²) in [7, 11) is 1.32. The molecule has 0 bridgehead atoms. The van der Waals surface area contributed by atoms with Crippen LogP contribution in [0.1, 0.15) is 26.7 Å². The summed E-state index contributed by atoms with van der Waals surface area (Å²) >= 11 is 6.48. The predicted molar refractivity (Wildman–Crippen MR) is 139 cm³/mol. The summed E-state index contributed by atoms with van der Waals surface area (Å²) in [6.45, 7) is 3.56. The third kappa shape index (κ3) is 14.5. The number of nitrogens with zero attached hydrogens (tertiary/aromatic N) is 2. The highest BCUT2D eigenvalue weighted by molar-refractivity contribution is 9.10. The van der Waals surface area contributed by atoms with Gasteiger partial charge in [0.25, 0.3) is 0 Å². The van der Waals surface area contributed by atoms with Crippen LogP contribution >= 0.6 is 42.5 Å². The highest BCUT2D eigenvalue weighted by Gasteiger charge is 2.11. The molecule has 0 atom stereocenters. The lowest BCUT2D eigenvalue weighted by atomic mass is 10.4. The fraction of sp³-hybridized carbons (Fsp3) is 0.444. The van der Waals surface area contributed by atoms with Crippen molar-refractivity contribution in [2.75, 3.05) is 36.2 Å². The zero-order valence-electron chi connectivity index (χ0n) is 18.5. The lowest BCUT2D eigenvalue weighted by molar-refractivity contribution is 0.395. The van der Waals surface area contributed by atoms with E-state index in [4.69, 9.17) is 25.9 Å². The molecule has 0 aliphatic heterocycles. The number of sulfonamides is 1. The van der Waals surface area contributed by atoms with E-state index in [0.29, 0.717) is 34.9 Å². The minimum absolute atomic E-state index is 0.0764. The summed E-state index contributed by atoms with van der Waals surface area (Å²) in [5, 5.41) is 0. The van der Waals surface area contributed by atoms with Crippen LogP contribution in [0, 0.1) is 0 Å². The first kappa shape index (κ1) is 31.6. The van der Waals surface area contributed by atoms with Crippen LogP contribution in [0.3, 0.4) is 0 Å². The SMILES string of the molecule is CCCS(=O)(=O)Cl.CCCS(=O)(=O)Nc1ccc(Br)c(OC)n1.COc1nc(N)ccc1Br. The zero-order chi connectivity index (χ0) is 25.7. The zero-order valence-corrected chi connectivity index (χ0v) is 24.1. The molecule has 0 unspecified atom stereocenters. The molecule has 3 N–H and O–H groups in total. The van der Waals surface area contributed by atoms with Crippen molar-refractivity contribution in [1.82, 2.24) is 9.97 Å². The van der Waals surface area contributed by atoms with Crippen LogP contribution in [0.4, 0.5) is 11.6 Å². The van der Waals surface area contributed by atoms with E-state index in [2.05, 4.69) is 46.5 Å². The molecule has 2 aromatic heterocycles. The number of aromatic nitrogens is 2. The van der Waals surface area contributed by atoms with Crippen molar-refractivity contribution in [3.63, 3.8) is 0 Å². The summed E-state index contributed by atoms with van der Waals surface area (Å²) < 4.78 is 56.7. The Kier molecular flexibility index (Phi) is 14.9. The maximum Gasteiger partial charge on any atom is 0.233 e. The second kappa shape index (κ2) is 15.5. The van der Waals surface area contributed by atoms with Crippen molar-refractivity contribution >= 4 is 73.3 Å². The largest absolute Gasteiger partial charge is 0.480 e. The molecule has 0 radical (unpaired) electrons. The van der Waals surface area contributed by atoms with Crippen molar-refractivity contribution in [1.29, 1.82) is 0 Å². The fourth-order valence-corrected chi connectivity index (χ4v) is 4.72. The predicted octanol–water partition coefficient (Wildman–Crippen LogP) is 4.40. The van der Waals surface area contributed by atoms with Gasteiger partial charge in [0.1, 0.15) is 11.6 Å². The van der Waals surface area contributed by atoms with Gasteiger partial charge in [0.15, 0.2) is 0 Å². The first-order valence-electron chi connectivity index (χ1n) is 9.37. The Morgan fingerprint density at radius 2 is 1.39 bits per heavy atom. The minimum Gasteiger partial charge on any atom is -0.480 e. The third-order valence-electron chi connectivity index (χ3n) is 3.22. The van der Waals surface area contributed by atoms with Crippen LogP contribution in [-0.2, 0) is 19.1 Å². The van der Waals surface area contributed by atoms with E-state index in [1.807, 2.05) is 0 Å². The van der Waals surface area contributed by atoms with Crippen molar-refractivity contribution < 1.29 is 26.3 Å². The minimum atomic E-state index is -3.31. The fourth-order valence-electron chi connectivity index (χ4n) is 1.93. The number of pyridine rings is 2. The number of hydrogen-bond acceptors (Lipinski definition) is 9. The Labute approximate surface area is 216 Å². The number of rotatable bonds is 8. The van der Waals surface area contributed by atoms with Gasteiger partial charge in [-0.1, -0.05) is 13.8 Å². The average molecular weight is 655 g/mol. The van der Waals surface area contributed by atoms with Gasteiger partial charge < -0.3 is 15.2 Å². The molecule has 0 aliphatic rings. The molecular weight excluding hydrogens is 628 g/mol. The summed E-state index contributed by atoms with van der Waals surface area (Å²) in [6.07, 6.45) is 1.15. The quantitative estimate of drug-likeness (QED) is 0.395. The monoisotopic (exact) mass is 652 g/mol. The second-order valence-corrected chi connectivity index (χ2v) is 12.5. The summed E-state index contributed by atoms with van der Waals surface area (Å²) in [6, 6.07) is 6.74. The second-order valence-electron chi connectivity index (χ2n) is 6.08. The molecule has 0 aromatic carbocycles. The van der Waals surface area contributed by atoms with E-state index in [1.54, 1.807) is 45.2 Å². The van der Waals surface area contributed by atoms with Gasteiger partial charge in [0, 0.05) is 10.7 Å². The van der Waals surface area contributed by atoms with Gasteiger partial charge in [-0.05, 0) is 69.0 Å². The molecule has 2 heterocycles. The number of anilines is 2. The van der Waals surface area contributed by atoms with Crippen molar-refractivity contribution in [2.45, 2.75) is 26.7 Å². The molecule has 33 heavy (non-hydrogen) atoms. The standard InChI is InChI=1S/C9H13BrN2O3S.C6H7BrN2O.C3H7ClO2S/c1-3-6-16(13,14)12-8-5-4-7(10)9(11-8)15-2;1-10-6-4(7)2-3-5(8)9-6;1-2-3-7(4,5)6/h4-5H,3,6H2,1-2H3,(H,11,12);2-3H,1H3,(H2,8,9);2-3H2,1H3. The number of nitrogens with two attached hydrogens (primary N) is 1. The Hall–Kier alpha value is -1.35. The highest BCUT2D eigenvalue weighted by Crippen LogP contribution is 2.24. The van der Waals surface area contributed by atoms with Gasteiger partial charge in [-0.3, -0.25) is 4.72 Å². The van der Waals surface area contributed by atoms with Gasteiger partial charge in [0.05, 0.1) is 34.7 Å². The first-order valence-corrected chi connectivity index (χ1v) is 15.1. The lowest BCUT2D eigenvalue weighted by Gasteiger charge is -2.08. The van der Waals surface area contributed by atoms with Crippen LogP contribution in [0.15, 0.2) is 33.2 Å². The molecule has 0 aliphatic carbocycles. The van der Waals surface area contributed by atoms with Gasteiger partial charge >= 0.3 is 0 Å². The third-order valence-corrected chi connectivity index (χ3v) is 7.25. The van der Waals surface area contributed by atoms with Crippen molar-refractivity contribution in [3.05, 3.63) is 33.2 Å². The number of halogens is 3.